The maximum absolute atomic E-state index is 11.6. The predicted octanol–water partition coefficient (Wildman–Crippen LogP) is 5.64. The zero-order valence-electron chi connectivity index (χ0n) is 15.8. The average Bonchev–Trinajstić information content (AvgIpc) is 2.73. The summed E-state index contributed by atoms with van der Waals surface area (Å²) in [5.74, 6) is 1.27. The van der Waals surface area contributed by atoms with Crippen LogP contribution in [0.5, 0.6) is 23.0 Å². The van der Waals surface area contributed by atoms with Crippen LogP contribution >= 0.6 is 0 Å². The van der Waals surface area contributed by atoms with Crippen molar-refractivity contribution < 1.29 is 24.1 Å². The molecular weight excluding hydrogens is 356 g/mol. The lowest BCUT2D eigenvalue weighted by Gasteiger charge is -2.12. The summed E-state index contributed by atoms with van der Waals surface area (Å²) in [6.07, 6.45) is 0.949. The number of rotatable bonds is 8. The third kappa shape index (κ3) is 4.62. The first-order chi connectivity index (χ1) is 13.6. The lowest BCUT2D eigenvalue weighted by atomic mass is 10.0. The molecule has 3 aromatic rings. The Labute approximate surface area is 164 Å². The van der Waals surface area contributed by atoms with Crippen LogP contribution in [0.25, 0.3) is 11.1 Å². The number of benzene rings is 3. The molecule has 0 fully saturated rings. The van der Waals surface area contributed by atoms with Gasteiger partial charge in [-0.1, -0.05) is 25.1 Å². The van der Waals surface area contributed by atoms with Crippen molar-refractivity contribution in [2.24, 2.45) is 0 Å². The number of carboxylic acids is 1. The van der Waals surface area contributed by atoms with Crippen molar-refractivity contribution in [2.75, 3.05) is 13.7 Å². The Morgan fingerprint density at radius 1 is 0.857 bits per heavy atom. The SMILES string of the molecule is CCCOc1ccc(-c2ccc(C(=O)O)c(Oc3ccc(OC)cc3)c2)cc1. The fourth-order valence-electron chi connectivity index (χ4n) is 2.70. The second-order valence-electron chi connectivity index (χ2n) is 6.17. The minimum absolute atomic E-state index is 0.0995. The molecular formula is C23H22O5. The molecule has 5 heteroatoms. The quantitative estimate of drug-likeness (QED) is 0.549. The van der Waals surface area contributed by atoms with Crippen LogP contribution in [0.4, 0.5) is 0 Å². The molecule has 0 bridgehead atoms. The van der Waals surface area contributed by atoms with Gasteiger partial charge < -0.3 is 19.3 Å². The van der Waals surface area contributed by atoms with Gasteiger partial charge in [-0.2, -0.15) is 0 Å². The molecule has 0 heterocycles. The third-order valence-corrected chi connectivity index (χ3v) is 4.16. The van der Waals surface area contributed by atoms with Crippen molar-refractivity contribution in [3.8, 4) is 34.1 Å². The summed E-state index contributed by atoms with van der Waals surface area (Å²) >= 11 is 0. The van der Waals surface area contributed by atoms with Gasteiger partial charge in [0.25, 0.3) is 0 Å². The Hall–Kier alpha value is -3.47. The van der Waals surface area contributed by atoms with Gasteiger partial charge in [0, 0.05) is 0 Å². The van der Waals surface area contributed by atoms with Crippen LogP contribution < -0.4 is 14.2 Å². The van der Waals surface area contributed by atoms with Crippen LogP contribution in [0.15, 0.2) is 66.7 Å². The first-order valence-corrected chi connectivity index (χ1v) is 9.03. The van der Waals surface area contributed by atoms with E-state index in [0.717, 1.165) is 23.3 Å². The molecule has 28 heavy (non-hydrogen) atoms. The first kappa shape index (κ1) is 19.3. The average molecular weight is 378 g/mol. The molecule has 144 valence electrons. The van der Waals surface area contributed by atoms with Crippen molar-refractivity contribution in [3.05, 3.63) is 72.3 Å². The number of hydrogen-bond donors (Lipinski definition) is 1. The van der Waals surface area contributed by atoms with Crippen molar-refractivity contribution in [1.29, 1.82) is 0 Å². The number of aromatic carboxylic acids is 1. The molecule has 0 amide bonds. The van der Waals surface area contributed by atoms with Crippen molar-refractivity contribution in [2.45, 2.75) is 13.3 Å². The summed E-state index contributed by atoms with van der Waals surface area (Å²) in [6, 6.07) is 19.7. The largest absolute Gasteiger partial charge is 0.497 e. The van der Waals surface area contributed by atoms with Gasteiger partial charge in [0.2, 0.25) is 0 Å². The minimum atomic E-state index is -1.04. The maximum atomic E-state index is 11.6. The van der Waals surface area contributed by atoms with E-state index < -0.39 is 5.97 Å². The summed E-state index contributed by atoms with van der Waals surface area (Å²) in [5.41, 5.74) is 1.90. The van der Waals surface area contributed by atoms with Gasteiger partial charge in [0.05, 0.1) is 13.7 Å². The van der Waals surface area contributed by atoms with Crippen LogP contribution in [0.2, 0.25) is 0 Å². The number of carboxylic acid groups (broad SMARTS) is 1. The van der Waals surface area contributed by atoms with E-state index in [1.54, 1.807) is 49.6 Å². The summed E-state index contributed by atoms with van der Waals surface area (Å²) in [4.78, 5) is 11.6. The Morgan fingerprint density at radius 2 is 1.46 bits per heavy atom. The zero-order valence-corrected chi connectivity index (χ0v) is 15.8. The second kappa shape index (κ2) is 8.95. The summed E-state index contributed by atoms with van der Waals surface area (Å²) < 4.78 is 16.6. The van der Waals surface area contributed by atoms with Crippen molar-refractivity contribution in [1.82, 2.24) is 0 Å². The minimum Gasteiger partial charge on any atom is -0.497 e. The van der Waals surface area contributed by atoms with Crippen LogP contribution in [-0.2, 0) is 0 Å². The van der Waals surface area contributed by atoms with Gasteiger partial charge in [-0.15, -0.1) is 0 Å². The molecule has 0 aliphatic heterocycles. The molecule has 3 aromatic carbocycles. The molecule has 0 spiro atoms. The molecule has 0 atom stereocenters. The van der Waals surface area contributed by atoms with Gasteiger partial charge in [-0.05, 0) is 66.1 Å². The Kier molecular flexibility index (Phi) is 6.17. The maximum Gasteiger partial charge on any atom is 0.339 e. The Morgan fingerprint density at radius 3 is 2.07 bits per heavy atom. The Bertz CT molecular complexity index is 930. The molecule has 0 unspecified atom stereocenters. The van der Waals surface area contributed by atoms with E-state index in [1.807, 2.05) is 24.3 Å². The van der Waals surface area contributed by atoms with Crippen molar-refractivity contribution >= 4 is 5.97 Å². The number of ether oxygens (including phenoxy) is 3. The van der Waals surface area contributed by atoms with E-state index in [-0.39, 0.29) is 11.3 Å². The molecule has 0 aromatic heterocycles. The van der Waals surface area contributed by atoms with Gasteiger partial charge in [0.15, 0.2) is 0 Å². The van der Waals surface area contributed by atoms with E-state index >= 15 is 0 Å². The Balaban J connectivity index is 1.89. The van der Waals surface area contributed by atoms with Crippen LogP contribution in [-0.4, -0.2) is 24.8 Å². The predicted molar refractivity (Wildman–Crippen MR) is 108 cm³/mol. The lowest BCUT2D eigenvalue weighted by molar-refractivity contribution is 0.0694. The first-order valence-electron chi connectivity index (χ1n) is 9.03. The lowest BCUT2D eigenvalue weighted by Crippen LogP contribution is -2.00. The van der Waals surface area contributed by atoms with Gasteiger partial charge in [-0.3, -0.25) is 0 Å². The third-order valence-electron chi connectivity index (χ3n) is 4.16. The number of methoxy groups -OCH3 is 1. The molecule has 0 saturated carbocycles. The van der Waals surface area contributed by atoms with Gasteiger partial charge in [0.1, 0.15) is 28.6 Å². The van der Waals surface area contributed by atoms with E-state index in [4.69, 9.17) is 14.2 Å². The highest BCUT2D eigenvalue weighted by atomic mass is 16.5. The zero-order chi connectivity index (χ0) is 19.9. The molecule has 5 nitrogen and oxygen atoms in total. The summed E-state index contributed by atoms with van der Waals surface area (Å²) in [5, 5.41) is 9.49. The summed E-state index contributed by atoms with van der Waals surface area (Å²) in [7, 11) is 1.58. The van der Waals surface area contributed by atoms with Crippen LogP contribution in [0.3, 0.4) is 0 Å². The van der Waals surface area contributed by atoms with E-state index in [1.165, 1.54) is 0 Å². The molecule has 0 aliphatic rings. The standard InChI is InChI=1S/C23H22O5/c1-3-14-27-19-7-4-16(5-8-19)17-6-13-21(23(24)25)22(15-17)28-20-11-9-18(26-2)10-12-20/h4-13,15H,3,14H2,1-2H3,(H,24,25). The monoisotopic (exact) mass is 378 g/mol. The molecule has 0 radical (unpaired) electrons. The van der Waals surface area contributed by atoms with E-state index in [0.29, 0.717) is 18.1 Å². The van der Waals surface area contributed by atoms with Crippen LogP contribution in [0.1, 0.15) is 23.7 Å². The molecule has 1 N–H and O–H groups in total. The normalized spacial score (nSPS) is 10.4. The summed E-state index contributed by atoms with van der Waals surface area (Å²) in [6.45, 7) is 2.73. The number of carbonyl (C=O) groups is 1. The topological polar surface area (TPSA) is 65.0 Å². The highest BCUT2D eigenvalue weighted by molar-refractivity contribution is 5.92. The highest BCUT2D eigenvalue weighted by Gasteiger charge is 2.14. The van der Waals surface area contributed by atoms with Gasteiger partial charge in [-0.25, -0.2) is 4.79 Å². The number of hydrogen-bond acceptors (Lipinski definition) is 4. The van der Waals surface area contributed by atoms with Gasteiger partial charge >= 0.3 is 5.97 Å². The fourth-order valence-corrected chi connectivity index (χ4v) is 2.70. The highest BCUT2D eigenvalue weighted by Crippen LogP contribution is 2.32. The molecule has 3 rings (SSSR count). The smallest absolute Gasteiger partial charge is 0.339 e. The fraction of sp³-hybridized carbons (Fsp3) is 0.174. The molecule has 0 saturated heterocycles. The molecule has 0 aliphatic carbocycles. The van der Waals surface area contributed by atoms with Crippen molar-refractivity contribution in [3.63, 3.8) is 0 Å². The second-order valence-corrected chi connectivity index (χ2v) is 6.17. The van der Waals surface area contributed by atoms with E-state index in [2.05, 4.69) is 6.92 Å². The van der Waals surface area contributed by atoms with Crippen LogP contribution in [0, 0.1) is 0 Å². The van der Waals surface area contributed by atoms with E-state index in [9.17, 15) is 9.90 Å².